The van der Waals surface area contributed by atoms with Gasteiger partial charge in [-0.15, -0.1) is 0 Å². The van der Waals surface area contributed by atoms with Gasteiger partial charge in [0.1, 0.15) is 12.4 Å². The number of carbonyl (C=O) groups is 1. The van der Waals surface area contributed by atoms with Gasteiger partial charge in [0.2, 0.25) is 0 Å². The number of ether oxygens (including phenoxy) is 2. The van der Waals surface area contributed by atoms with Crippen LogP contribution in [0.2, 0.25) is 0 Å². The molecule has 1 aromatic carbocycles. The first-order valence-electron chi connectivity index (χ1n) is 12.0. The highest BCUT2D eigenvalue weighted by atomic mass is 19.1. The summed E-state index contributed by atoms with van der Waals surface area (Å²) in [5.41, 5.74) is 10.2. The minimum atomic E-state index is -0.898. The number of pyridine rings is 1. The van der Waals surface area contributed by atoms with Crippen molar-refractivity contribution in [1.29, 1.82) is 0 Å². The second kappa shape index (κ2) is 8.35. The Morgan fingerprint density at radius 1 is 1.18 bits per heavy atom. The summed E-state index contributed by atoms with van der Waals surface area (Å²) in [7, 11) is 1.45. The van der Waals surface area contributed by atoms with Gasteiger partial charge >= 0.3 is 5.97 Å². The Hall–Kier alpha value is -2.99. The molecule has 1 unspecified atom stereocenters. The fraction of sp³-hybridized carbons (Fsp3) is 0.429. The van der Waals surface area contributed by atoms with Crippen molar-refractivity contribution >= 4 is 17.1 Å². The van der Waals surface area contributed by atoms with E-state index in [4.69, 9.17) is 9.47 Å². The van der Waals surface area contributed by atoms with Crippen LogP contribution in [0.5, 0.6) is 0 Å². The molecule has 0 amide bonds. The molecule has 178 valence electrons. The van der Waals surface area contributed by atoms with Crippen molar-refractivity contribution in [1.82, 2.24) is 4.57 Å². The smallest absolute Gasteiger partial charge is 0.340 e. The van der Waals surface area contributed by atoms with Crippen LogP contribution in [0.3, 0.4) is 0 Å². The van der Waals surface area contributed by atoms with E-state index in [1.807, 2.05) is 24.5 Å². The lowest BCUT2D eigenvalue weighted by Gasteiger charge is -2.26. The van der Waals surface area contributed by atoms with Crippen molar-refractivity contribution in [3.63, 3.8) is 0 Å². The van der Waals surface area contributed by atoms with Crippen LogP contribution in [-0.4, -0.2) is 17.6 Å². The largest absolute Gasteiger partial charge is 0.458 e. The van der Waals surface area contributed by atoms with Crippen LogP contribution in [0.25, 0.3) is 11.1 Å². The van der Waals surface area contributed by atoms with Gasteiger partial charge in [0.15, 0.2) is 6.10 Å². The molecule has 0 radical (unpaired) electrons. The van der Waals surface area contributed by atoms with E-state index < -0.39 is 12.1 Å². The zero-order valence-electron chi connectivity index (χ0n) is 20.4. The molecule has 0 N–H and O–H groups in total. The molecule has 0 fully saturated rings. The maximum atomic E-state index is 14.6. The molecule has 6 heteroatoms. The highest BCUT2D eigenvalue weighted by Gasteiger charge is 2.37. The lowest BCUT2D eigenvalue weighted by molar-refractivity contribution is -0.159. The number of rotatable bonds is 2. The number of methoxy groups -OCH3 is 1. The molecule has 0 saturated heterocycles. The van der Waals surface area contributed by atoms with Crippen LogP contribution in [0, 0.1) is 19.7 Å². The third-order valence-corrected chi connectivity index (χ3v) is 7.73. The summed E-state index contributed by atoms with van der Waals surface area (Å²) in [6.07, 6.45) is 2.63. The number of aryl methyl sites for hydroxylation is 1. The average molecular weight is 464 g/mol. The fourth-order valence-corrected chi connectivity index (χ4v) is 5.85. The Balaban J connectivity index is 1.80. The minimum Gasteiger partial charge on any atom is -0.458 e. The molecule has 34 heavy (non-hydrogen) atoms. The topological polar surface area (TPSA) is 57.5 Å². The third-order valence-electron chi connectivity index (χ3n) is 7.73. The quantitative estimate of drug-likeness (QED) is 0.565. The van der Waals surface area contributed by atoms with Gasteiger partial charge in [-0.25, -0.2) is 9.18 Å². The zero-order valence-corrected chi connectivity index (χ0v) is 20.4. The number of halogens is 1. The first kappa shape index (κ1) is 22.8. The predicted octanol–water partition coefficient (Wildman–Crippen LogP) is 5.34. The second-order valence-electron chi connectivity index (χ2n) is 9.55. The highest BCUT2D eigenvalue weighted by Crippen LogP contribution is 2.46. The summed E-state index contributed by atoms with van der Waals surface area (Å²) in [6.45, 7) is 8.47. The first-order chi connectivity index (χ1) is 16.3. The van der Waals surface area contributed by atoms with Crippen molar-refractivity contribution < 1.29 is 18.7 Å². The molecule has 5 nitrogen and oxygen atoms in total. The number of esters is 1. The van der Waals surface area contributed by atoms with E-state index in [0.717, 1.165) is 64.8 Å². The van der Waals surface area contributed by atoms with Crippen LogP contribution >= 0.6 is 0 Å². The molecule has 2 aliphatic heterocycles. The molecule has 1 atom stereocenters. The van der Waals surface area contributed by atoms with Crippen LogP contribution in [0.15, 0.2) is 28.1 Å². The van der Waals surface area contributed by atoms with E-state index >= 15 is 0 Å². The average Bonchev–Trinajstić information content (AvgIpc) is 3.21. The van der Waals surface area contributed by atoms with E-state index in [9.17, 15) is 14.0 Å². The maximum Gasteiger partial charge on any atom is 0.340 e. The summed E-state index contributed by atoms with van der Waals surface area (Å²) in [4.78, 5) is 25.9. The Bertz CT molecular complexity index is 1360. The van der Waals surface area contributed by atoms with Crippen LogP contribution in [0.4, 0.5) is 4.39 Å². The number of hydrogen-bond acceptors (Lipinski definition) is 4. The highest BCUT2D eigenvalue weighted by molar-refractivity contribution is 5.94. The molecule has 3 aliphatic rings. The molecule has 0 bridgehead atoms. The molecule has 5 rings (SSSR count). The number of aromatic nitrogens is 1. The predicted molar refractivity (Wildman–Crippen MR) is 129 cm³/mol. The van der Waals surface area contributed by atoms with Crippen molar-refractivity contribution in [3.8, 4) is 0 Å². The number of benzene rings is 1. The van der Waals surface area contributed by atoms with Gasteiger partial charge in [-0.05, 0) is 92.0 Å². The molecule has 0 saturated carbocycles. The number of allylic oxidation sites excluding steroid dienone is 4. The van der Waals surface area contributed by atoms with Gasteiger partial charge in [-0.1, -0.05) is 12.5 Å². The fourth-order valence-electron chi connectivity index (χ4n) is 5.85. The van der Waals surface area contributed by atoms with Crippen LogP contribution in [-0.2, 0) is 33.8 Å². The number of cyclic esters (lactones) is 1. The number of nitrogens with zero attached hydrogens (tertiary/aromatic N) is 1. The number of carbonyl (C=O) groups excluding carboxylic acids is 1. The Morgan fingerprint density at radius 3 is 2.65 bits per heavy atom. The zero-order chi connectivity index (χ0) is 24.3. The first-order valence-corrected chi connectivity index (χ1v) is 12.0. The molecule has 1 aliphatic carbocycles. The standard InChI is InChI=1S/C28H30FNO4/c1-6-14(2)25-20(18-9-7-8-17-16(4)22(29)10-15(3)24(17)18)12-30-23(25)11-19-21(27(30)31)13-34-28(32)26(19)33-5/h10-11,26H,6-9,12-13H2,1-5H3/b20-18-,25-14-. The summed E-state index contributed by atoms with van der Waals surface area (Å²) in [5.74, 6) is -0.625. The number of hydrogen-bond donors (Lipinski definition) is 0. The molecular formula is C28H30FNO4. The van der Waals surface area contributed by atoms with E-state index in [1.165, 1.54) is 18.3 Å². The third kappa shape index (κ3) is 3.22. The van der Waals surface area contributed by atoms with Gasteiger partial charge in [-0.3, -0.25) is 4.79 Å². The Morgan fingerprint density at radius 2 is 1.94 bits per heavy atom. The van der Waals surface area contributed by atoms with E-state index in [-0.39, 0.29) is 18.0 Å². The second-order valence-corrected chi connectivity index (χ2v) is 9.55. The van der Waals surface area contributed by atoms with Gasteiger partial charge in [-0.2, -0.15) is 0 Å². The van der Waals surface area contributed by atoms with Crippen molar-refractivity contribution in [3.05, 3.63) is 78.5 Å². The lowest BCUT2D eigenvalue weighted by Crippen LogP contribution is -2.33. The summed E-state index contributed by atoms with van der Waals surface area (Å²) in [5, 5.41) is 0. The van der Waals surface area contributed by atoms with E-state index in [0.29, 0.717) is 17.7 Å². The minimum absolute atomic E-state index is 0.0364. The van der Waals surface area contributed by atoms with Gasteiger partial charge in [0.05, 0.1) is 17.8 Å². The number of fused-ring (bicyclic) bond motifs is 3. The van der Waals surface area contributed by atoms with Crippen molar-refractivity contribution in [2.75, 3.05) is 7.11 Å². The molecule has 2 aromatic rings. The maximum absolute atomic E-state index is 14.6. The molecule has 0 spiro atoms. The molecular weight excluding hydrogens is 433 g/mol. The van der Waals surface area contributed by atoms with Crippen LogP contribution in [0.1, 0.15) is 78.3 Å². The van der Waals surface area contributed by atoms with Crippen molar-refractivity contribution in [2.24, 2.45) is 0 Å². The summed E-state index contributed by atoms with van der Waals surface area (Å²) in [6, 6.07) is 3.58. The Labute approximate surface area is 198 Å². The van der Waals surface area contributed by atoms with E-state index in [2.05, 4.69) is 13.8 Å². The monoisotopic (exact) mass is 463 g/mol. The van der Waals surface area contributed by atoms with E-state index in [1.54, 1.807) is 6.07 Å². The summed E-state index contributed by atoms with van der Waals surface area (Å²) < 4.78 is 27.0. The van der Waals surface area contributed by atoms with Gasteiger partial charge < -0.3 is 14.0 Å². The van der Waals surface area contributed by atoms with Gasteiger partial charge in [0.25, 0.3) is 5.56 Å². The molecule has 3 heterocycles. The molecule has 1 aromatic heterocycles. The van der Waals surface area contributed by atoms with Gasteiger partial charge in [0, 0.05) is 18.2 Å². The summed E-state index contributed by atoms with van der Waals surface area (Å²) >= 11 is 0. The Kier molecular flexibility index (Phi) is 5.59. The van der Waals surface area contributed by atoms with Crippen molar-refractivity contribution in [2.45, 2.75) is 72.6 Å². The normalized spacial score (nSPS) is 22.8. The SMILES string of the molecule is CC/C(C)=C1/C(=C2/CCCc3c(C)c(F)cc(C)c32)Cn2c1cc1c(c2=O)COC(=O)C1OC. The lowest BCUT2D eigenvalue weighted by atomic mass is 9.78. The van der Waals surface area contributed by atoms with Crippen LogP contribution < -0.4 is 5.56 Å².